The summed E-state index contributed by atoms with van der Waals surface area (Å²) >= 11 is 0. The first-order chi connectivity index (χ1) is 8.79. The monoisotopic (exact) mass is 237 g/mol. The standard InChI is InChI=1S/C17H19N/c1-2-3-4-6-14-7-5-8-16(13-14)15-9-11-17(18)12-10-15/h2-3,5,7-13H,4,6,18H2,1H3/b3-2-. The molecule has 0 aliphatic rings. The van der Waals surface area contributed by atoms with Gasteiger partial charge in [-0.2, -0.15) is 0 Å². The van der Waals surface area contributed by atoms with E-state index in [2.05, 4.69) is 55.5 Å². The van der Waals surface area contributed by atoms with Gasteiger partial charge in [-0.3, -0.25) is 0 Å². The zero-order chi connectivity index (χ0) is 12.8. The summed E-state index contributed by atoms with van der Waals surface area (Å²) in [6.07, 6.45) is 6.49. The highest BCUT2D eigenvalue weighted by molar-refractivity contribution is 5.66. The second-order valence-corrected chi connectivity index (χ2v) is 4.43. The van der Waals surface area contributed by atoms with Gasteiger partial charge in [0.15, 0.2) is 0 Å². The fourth-order valence-electron chi connectivity index (χ4n) is 2.00. The Morgan fingerprint density at radius 1 is 1.00 bits per heavy atom. The quantitative estimate of drug-likeness (QED) is 0.617. The van der Waals surface area contributed by atoms with Crippen molar-refractivity contribution in [3.63, 3.8) is 0 Å². The van der Waals surface area contributed by atoms with Crippen molar-refractivity contribution in [2.24, 2.45) is 0 Å². The Kier molecular flexibility index (Phi) is 4.19. The van der Waals surface area contributed by atoms with Crippen LogP contribution in [0.5, 0.6) is 0 Å². The maximum Gasteiger partial charge on any atom is 0.0314 e. The van der Waals surface area contributed by atoms with Gasteiger partial charge in [-0.25, -0.2) is 0 Å². The Morgan fingerprint density at radius 2 is 1.78 bits per heavy atom. The van der Waals surface area contributed by atoms with Gasteiger partial charge in [0.05, 0.1) is 0 Å². The number of aryl methyl sites for hydroxylation is 1. The van der Waals surface area contributed by atoms with Gasteiger partial charge in [0.1, 0.15) is 0 Å². The molecule has 0 unspecified atom stereocenters. The second kappa shape index (κ2) is 6.06. The van der Waals surface area contributed by atoms with Crippen molar-refractivity contribution >= 4 is 5.69 Å². The van der Waals surface area contributed by atoms with Gasteiger partial charge in [-0.1, -0.05) is 48.6 Å². The molecule has 0 saturated heterocycles. The van der Waals surface area contributed by atoms with E-state index in [1.165, 1.54) is 16.7 Å². The first kappa shape index (κ1) is 12.4. The number of hydrogen-bond acceptors (Lipinski definition) is 1. The van der Waals surface area contributed by atoms with E-state index in [0.717, 1.165) is 18.5 Å². The number of rotatable bonds is 4. The SMILES string of the molecule is C/C=C\CCc1cccc(-c2ccc(N)cc2)c1. The van der Waals surface area contributed by atoms with E-state index in [4.69, 9.17) is 5.73 Å². The van der Waals surface area contributed by atoms with Crippen LogP contribution in [0, 0.1) is 0 Å². The zero-order valence-electron chi connectivity index (χ0n) is 10.8. The molecule has 0 radical (unpaired) electrons. The van der Waals surface area contributed by atoms with E-state index >= 15 is 0 Å². The minimum Gasteiger partial charge on any atom is -0.399 e. The van der Waals surface area contributed by atoms with Gasteiger partial charge in [0, 0.05) is 5.69 Å². The molecule has 0 aliphatic carbocycles. The average molecular weight is 237 g/mol. The normalized spacial score (nSPS) is 10.9. The molecule has 1 nitrogen and oxygen atoms in total. The fraction of sp³-hybridized carbons (Fsp3) is 0.176. The van der Waals surface area contributed by atoms with Crippen LogP contribution in [0.2, 0.25) is 0 Å². The van der Waals surface area contributed by atoms with Crippen LogP contribution in [0.25, 0.3) is 11.1 Å². The fourth-order valence-corrected chi connectivity index (χ4v) is 2.00. The Bertz CT molecular complexity index is 524. The molecule has 0 fully saturated rings. The molecule has 18 heavy (non-hydrogen) atoms. The molecule has 0 atom stereocenters. The van der Waals surface area contributed by atoms with Crippen molar-refractivity contribution in [1.82, 2.24) is 0 Å². The van der Waals surface area contributed by atoms with Gasteiger partial charge < -0.3 is 5.73 Å². The van der Waals surface area contributed by atoms with E-state index in [-0.39, 0.29) is 0 Å². The first-order valence-electron chi connectivity index (χ1n) is 6.35. The highest BCUT2D eigenvalue weighted by Crippen LogP contribution is 2.22. The van der Waals surface area contributed by atoms with Crippen molar-refractivity contribution in [1.29, 1.82) is 0 Å². The molecule has 1 heteroatoms. The smallest absolute Gasteiger partial charge is 0.0314 e. The number of allylic oxidation sites excluding steroid dienone is 2. The minimum atomic E-state index is 0.808. The van der Waals surface area contributed by atoms with E-state index in [0.29, 0.717) is 0 Å². The lowest BCUT2D eigenvalue weighted by atomic mass is 10.0. The maximum absolute atomic E-state index is 5.71. The first-order valence-corrected chi connectivity index (χ1v) is 6.35. The van der Waals surface area contributed by atoms with Crippen molar-refractivity contribution in [2.45, 2.75) is 19.8 Å². The lowest BCUT2D eigenvalue weighted by molar-refractivity contribution is 1.000. The molecule has 0 amide bonds. The van der Waals surface area contributed by atoms with Crippen molar-refractivity contribution in [3.05, 3.63) is 66.2 Å². The Balaban J connectivity index is 2.18. The lowest BCUT2D eigenvalue weighted by Gasteiger charge is -2.05. The van der Waals surface area contributed by atoms with Crippen LogP contribution < -0.4 is 5.73 Å². The molecule has 0 aromatic heterocycles. The Hall–Kier alpha value is -2.02. The molecule has 0 saturated carbocycles. The van der Waals surface area contributed by atoms with Crippen LogP contribution in [-0.4, -0.2) is 0 Å². The Labute approximate surface area is 109 Å². The number of hydrogen-bond donors (Lipinski definition) is 1. The van der Waals surface area contributed by atoms with Gasteiger partial charge in [-0.05, 0) is 48.6 Å². The zero-order valence-corrected chi connectivity index (χ0v) is 10.8. The van der Waals surface area contributed by atoms with Crippen LogP contribution in [0.15, 0.2) is 60.7 Å². The molecule has 2 aromatic rings. The summed E-state index contributed by atoms with van der Waals surface area (Å²) in [6, 6.07) is 16.7. The molecule has 2 rings (SSSR count). The molecule has 0 aliphatic heterocycles. The largest absolute Gasteiger partial charge is 0.399 e. The molecule has 0 heterocycles. The Morgan fingerprint density at radius 3 is 2.50 bits per heavy atom. The molecule has 0 bridgehead atoms. The lowest BCUT2D eigenvalue weighted by Crippen LogP contribution is -1.86. The summed E-state index contributed by atoms with van der Waals surface area (Å²) in [5.74, 6) is 0. The van der Waals surface area contributed by atoms with E-state index in [1.807, 2.05) is 12.1 Å². The minimum absolute atomic E-state index is 0.808. The molecular formula is C17H19N. The highest BCUT2D eigenvalue weighted by atomic mass is 14.5. The van der Waals surface area contributed by atoms with Gasteiger partial charge in [0.2, 0.25) is 0 Å². The third-order valence-corrected chi connectivity index (χ3v) is 3.01. The third kappa shape index (κ3) is 3.24. The maximum atomic E-state index is 5.71. The third-order valence-electron chi connectivity index (χ3n) is 3.01. The summed E-state index contributed by atoms with van der Waals surface area (Å²) in [7, 11) is 0. The van der Waals surface area contributed by atoms with E-state index in [9.17, 15) is 0 Å². The predicted octanol–water partition coefficient (Wildman–Crippen LogP) is 4.44. The number of benzene rings is 2. The summed E-state index contributed by atoms with van der Waals surface area (Å²) in [5.41, 5.74) is 10.4. The molecule has 2 N–H and O–H groups in total. The van der Waals surface area contributed by atoms with Crippen molar-refractivity contribution in [2.75, 3.05) is 5.73 Å². The van der Waals surface area contributed by atoms with Crippen LogP contribution in [-0.2, 0) is 6.42 Å². The second-order valence-electron chi connectivity index (χ2n) is 4.43. The van der Waals surface area contributed by atoms with Gasteiger partial charge in [-0.15, -0.1) is 0 Å². The summed E-state index contributed by atoms with van der Waals surface area (Å²) in [5, 5.41) is 0. The summed E-state index contributed by atoms with van der Waals surface area (Å²) in [4.78, 5) is 0. The molecule has 92 valence electrons. The summed E-state index contributed by atoms with van der Waals surface area (Å²) in [6.45, 7) is 2.06. The topological polar surface area (TPSA) is 26.0 Å². The number of anilines is 1. The number of nitrogens with two attached hydrogens (primary N) is 1. The van der Waals surface area contributed by atoms with Gasteiger partial charge >= 0.3 is 0 Å². The highest BCUT2D eigenvalue weighted by Gasteiger charge is 1.99. The van der Waals surface area contributed by atoms with Crippen LogP contribution in [0.4, 0.5) is 5.69 Å². The van der Waals surface area contributed by atoms with Gasteiger partial charge in [0.25, 0.3) is 0 Å². The van der Waals surface area contributed by atoms with E-state index in [1.54, 1.807) is 0 Å². The average Bonchev–Trinajstić information content (AvgIpc) is 2.40. The predicted molar refractivity (Wildman–Crippen MR) is 79.4 cm³/mol. The summed E-state index contributed by atoms with van der Waals surface area (Å²) < 4.78 is 0. The molecule has 2 aromatic carbocycles. The number of nitrogen functional groups attached to an aromatic ring is 1. The molecular weight excluding hydrogens is 218 g/mol. The molecule has 0 spiro atoms. The van der Waals surface area contributed by atoms with Crippen LogP contribution in [0.3, 0.4) is 0 Å². The van der Waals surface area contributed by atoms with Crippen molar-refractivity contribution < 1.29 is 0 Å². The van der Waals surface area contributed by atoms with E-state index < -0.39 is 0 Å². The van der Waals surface area contributed by atoms with Crippen molar-refractivity contribution in [3.8, 4) is 11.1 Å². The van der Waals surface area contributed by atoms with Crippen LogP contribution in [0.1, 0.15) is 18.9 Å². The van der Waals surface area contributed by atoms with Crippen LogP contribution >= 0.6 is 0 Å².